The van der Waals surface area contributed by atoms with E-state index < -0.39 is 12.1 Å². The predicted molar refractivity (Wildman–Crippen MR) is 80.6 cm³/mol. The first kappa shape index (κ1) is 15.6. The molecule has 1 atom stereocenters. The van der Waals surface area contributed by atoms with Crippen LogP contribution in [0.25, 0.3) is 0 Å². The number of carbonyl (C=O) groups excluding carboxylic acids is 1. The van der Waals surface area contributed by atoms with Gasteiger partial charge in [0.2, 0.25) is 0 Å². The number of benzene rings is 2. The lowest BCUT2D eigenvalue weighted by molar-refractivity contribution is -0.145. The molecule has 22 heavy (non-hydrogen) atoms. The molecule has 2 aromatic carbocycles. The van der Waals surface area contributed by atoms with E-state index in [1.807, 2.05) is 30.3 Å². The molecule has 1 N–H and O–H groups in total. The molecule has 0 fully saturated rings. The fraction of sp³-hybridized carbons (Fsp3) is 0.176. The molecular formula is C17H16O5. The smallest absolute Gasteiger partial charge is 0.345 e. The molecular weight excluding hydrogens is 284 g/mol. The Bertz CT molecular complexity index is 651. The van der Waals surface area contributed by atoms with E-state index in [1.54, 1.807) is 6.07 Å². The molecule has 0 radical (unpaired) electrons. The van der Waals surface area contributed by atoms with Crippen LogP contribution in [0.15, 0.2) is 48.5 Å². The van der Waals surface area contributed by atoms with Gasteiger partial charge in [-0.25, -0.2) is 4.79 Å². The van der Waals surface area contributed by atoms with Crippen LogP contribution in [0, 0.1) is 0 Å². The molecule has 114 valence electrons. The molecule has 0 saturated carbocycles. The summed E-state index contributed by atoms with van der Waals surface area (Å²) in [6.45, 7) is 0. The Morgan fingerprint density at radius 2 is 1.91 bits per heavy atom. The van der Waals surface area contributed by atoms with Crippen LogP contribution in [0.3, 0.4) is 0 Å². The second kappa shape index (κ2) is 7.26. The predicted octanol–water partition coefficient (Wildman–Crippen LogP) is 2.58. The van der Waals surface area contributed by atoms with Crippen molar-refractivity contribution in [1.29, 1.82) is 0 Å². The van der Waals surface area contributed by atoms with E-state index in [9.17, 15) is 14.7 Å². The van der Waals surface area contributed by atoms with Crippen molar-refractivity contribution in [2.24, 2.45) is 0 Å². The molecule has 0 bridgehead atoms. The minimum Gasteiger partial charge on any atom is -0.493 e. The van der Waals surface area contributed by atoms with E-state index in [-0.39, 0.29) is 12.2 Å². The number of aliphatic carboxylic acids is 1. The quantitative estimate of drug-likeness (QED) is 0.796. The topological polar surface area (TPSA) is 72.8 Å². The summed E-state index contributed by atoms with van der Waals surface area (Å²) in [5, 5.41) is 9.34. The van der Waals surface area contributed by atoms with Gasteiger partial charge < -0.3 is 14.6 Å². The number of aldehydes is 1. The maximum Gasteiger partial charge on any atom is 0.345 e. The average Bonchev–Trinajstić information content (AvgIpc) is 2.55. The van der Waals surface area contributed by atoms with Crippen molar-refractivity contribution in [2.45, 2.75) is 12.5 Å². The molecule has 0 aliphatic rings. The number of ether oxygens (including phenoxy) is 2. The van der Waals surface area contributed by atoms with E-state index in [2.05, 4.69) is 0 Å². The Hall–Kier alpha value is -2.82. The Morgan fingerprint density at radius 1 is 1.18 bits per heavy atom. The lowest BCUT2D eigenvalue weighted by atomic mass is 10.1. The molecule has 0 aliphatic heterocycles. The van der Waals surface area contributed by atoms with Gasteiger partial charge in [-0.2, -0.15) is 0 Å². The Morgan fingerprint density at radius 3 is 2.50 bits per heavy atom. The monoisotopic (exact) mass is 300 g/mol. The van der Waals surface area contributed by atoms with Crippen LogP contribution < -0.4 is 9.47 Å². The normalized spacial score (nSPS) is 11.5. The van der Waals surface area contributed by atoms with Crippen LogP contribution in [0.5, 0.6) is 11.5 Å². The summed E-state index contributed by atoms with van der Waals surface area (Å²) in [6.07, 6.45) is -0.127. The number of rotatable bonds is 7. The first-order valence-corrected chi connectivity index (χ1v) is 6.70. The first-order chi connectivity index (χ1) is 10.6. The molecule has 5 heteroatoms. The molecule has 2 aromatic rings. The largest absolute Gasteiger partial charge is 0.493 e. The fourth-order valence-electron chi connectivity index (χ4n) is 2.02. The van der Waals surface area contributed by atoms with Crippen LogP contribution >= 0.6 is 0 Å². The van der Waals surface area contributed by atoms with Gasteiger partial charge in [0.15, 0.2) is 17.6 Å². The van der Waals surface area contributed by atoms with E-state index in [1.165, 1.54) is 19.2 Å². The summed E-state index contributed by atoms with van der Waals surface area (Å²) < 4.78 is 10.7. The van der Waals surface area contributed by atoms with Gasteiger partial charge in [0.25, 0.3) is 0 Å². The number of carbonyl (C=O) groups is 2. The van der Waals surface area contributed by atoms with Gasteiger partial charge >= 0.3 is 5.97 Å². The van der Waals surface area contributed by atoms with Crippen molar-refractivity contribution in [3.05, 3.63) is 59.7 Å². The zero-order valence-electron chi connectivity index (χ0n) is 12.1. The van der Waals surface area contributed by atoms with Gasteiger partial charge in [-0.15, -0.1) is 0 Å². The molecule has 0 aromatic heterocycles. The number of hydrogen-bond donors (Lipinski definition) is 1. The summed E-state index contributed by atoms with van der Waals surface area (Å²) in [7, 11) is 1.43. The lowest BCUT2D eigenvalue weighted by Crippen LogP contribution is -2.29. The van der Waals surface area contributed by atoms with Crippen molar-refractivity contribution >= 4 is 12.3 Å². The minimum atomic E-state index is -1.06. The van der Waals surface area contributed by atoms with Crippen LogP contribution in [0.2, 0.25) is 0 Å². The van der Waals surface area contributed by atoms with E-state index in [4.69, 9.17) is 9.47 Å². The molecule has 2 rings (SSSR count). The number of carboxylic acid groups (broad SMARTS) is 1. The highest BCUT2D eigenvalue weighted by Gasteiger charge is 2.21. The summed E-state index contributed by atoms with van der Waals surface area (Å²) in [6, 6.07) is 13.8. The highest BCUT2D eigenvalue weighted by Crippen LogP contribution is 2.29. The van der Waals surface area contributed by atoms with Crippen molar-refractivity contribution in [1.82, 2.24) is 0 Å². The van der Waals surface area contributed by atoms with Crippen LogP contribution in [0.4, 0.5) is 0 Å². The van der Waals surface area contributed by atoms with Crippen molar-refractivity contribution in [3.8, 4) is 11.5 Å². The molecule has 0 heterocycles. The highest BCUT2D eigenvalue weighted by atomic mass is 16.5. The lowest BCUT2D eigenvalue weighted by Gasteiger charge is -2.17. The minimum absolute atomic E-state index is 0.231. The second-order valence-corrected chi connectivity index (χ2v) is 4.66. The molecule has 0 aliphatic carbocycles. The number of carboxylic acids is 1. The van der Waals surface area contributed by atoms with Gasteiger partial charge in [-0.3, -0.25) is 4.79 Å². The summed E-state index contributed by atoms with van der Waals surface area (Å²) in [5.41, 5.74) is 1.29. The Balaban J connectivity index is 2.21. The molecule has 1 unspecified atom stereocenters. The summed E-state index contributed by atoms with van der Waals surface area (Å²) in [4.78, 5) is 22.2. The van der Waals surface area contributed by atoms with Crippen molar-refractivity contribution < 1.29 is 24.2 Å². The van der Waals surface area contributed by atoms with Gasteiger partial charge in [-0.05, 0) is 23.8 Å². The van der Waals surface area contributed by atoms with Gasteiger partial charge in [0.05, 0.1) is 7.11 Å². The molecule has 0 amide bonds. The van der Waals surface area contributed by atoms with Crippen molar-refractivity contribution in [3.63, 3.8) is 0 Å². The van der Waals surface area contributed by atoms with Crippen LogP contribution in [-0.4, -0.2) is 30.6 Å². The highest BCUT2D eigenvalue weighted by molar-refractivity contribution is 5.77. The molecule has 0 spiro atoms. The molecule has 5 nitrogen and oxygen atoms in total. The maximum absolute atomic E-state index is 11.4. The number of hydrogen-bond acceptors (Lipinski definition) is 4. The number of methoxy groups -OCH3 is 1. The third-order valence-electron chi connectivity index (χ3n) is 3.13. The van der Waals surface area contributed by atoms with Gasteiger partial charge in [0, 0.05) is 12.0 Å². The third-order valence-corrected chi connectivity index (χ3v) is 3.13. The first-order valence-electron chi connectivity index (χ1n) is 6.70. The van der Waals surface area contributed by atoms with Crippen LogP contribution in [0.1, 0.15) is 15.9 Å². The third kappa shape index (κ3) is 3.85. The second-order valence-electron chi connectivity index (χ2n) is 4.66. The fourth-order valence-corrected chi connectivity index (χ4v) is 2.02. The average molecular weight is 300 g/mol. The zero-order valence-corrected chi connectivity index (χ0v) is 12.1. The Labute approximate surface area is 128 Å². The van der Waals surface area contributed by atoms with E-state index in [0.29, 0.717) is 17.6 Å². The van der Waals surface area contributed by atoms with E-state index >= 15 is 0 Å². The standard InChI is InChI=1S/C17H16O5/c1-21-15-10-13(11-18)7-8-14(15)22-16(17(19)20)9-12-5-3-2-4-6-12/h2-8,10-11,16H,9H2,1H3,(H,19,20). The molecule has 0 saturated heterocycles. The summed E-state index contributed by atoms with van der Waals surface area (Å²) >= 11 is 0. The van der Waals surface area contributed by atoms with E-state index in [0.717, 1.165) is 5.56 Å². The maximum atomic E-state index is 11.4. The SMILES string of the molecule is COc1cc(C=O)ccc1OC(Cc1ccccc1)C(=O)O. The van der Waals surface area contributed by atoms with Gasteiger partial charge in [-0.1, -0.05) is 30.3 Å². The van der Waals surface area contributed by atoms with Gasteiger partial charge in [0.1, 0.15) is 6.29 Å². The summed E-state index contributed by atoms with van der Waals surface area (Å²) in [5.74, 6) is -0.453. The van der Waals surface area contributed by atoms with Crippen molar-refractivity contribution in [2.75, 3.05) is 7.11 Å². The van der Waals surface area contributed by atoms with Crippen LogP contribution in [-0.2, 0) is 11.2 Å². The Kier molecular flexibility index (Phi) is 5.14. The zero-order chi connectivity index (χ0) is 15.9.